The van der Waals surface area contributed by atoms with Gasteiger partial charge in [-0.05, 0) is 43.4 Å². The maximum absolute atomic E-state index is 12.4. The number of carbonyl (C=O) groups is 4. The minimum absolute atomic E-state index is 0. The van der Waals surface area contributed by atoms with E-state index in [0.717, 1.165) is 24.2 Å². The molecule has 0 saturated carbocycles. The summed E-state index contributed by atoms with van der Waals surface area (Å²) in [7, 11) is 0. The zero-order valence-corrected chi connectivity index (χ0v) is 27.1. The van der Waals surface area contributed by atoms with Crippen LogP contribution in [-0.2, 0) is 25.6 Å². The average Bonchev–Trinajstić information content (AvgIpc) is 2.91. The molecule has 14 heteroatoms. The predicted molar refractivity (Wildman–Crippen MR) is 155 cm³/mol. The standard InChI is InChI=1S/C29H46N4O9.Gd/c1-2-3-19-42-24-9-7-23(8-10-24)5-4-6-25(29(40)41)33-17-15-31(21-27(36)37)13-11-30(20-26(34)35)12-14-32(16-18-33)22-28(38)39;/h7-10,25H,2-6,11-22H2,1H3,(H,34,35)(H,36,37)(H,38,39)(H,40,41);/t25-;/m0./s1. The fourth-order valence-electron chi connectivity index (χ4n) is 4.96. The van der Waals surface area contributed by atoms with E-state index in [0.29, 0.717) is 25.9 Å². The van der Waals surface area contributed by atoms with E-state index in [9.17, 15) is 39.6 Å². The minimum Gasteiger partial charge on any atom is -0.494 e. The van der Waals surface area contributed by atoms with Gasteiger partial charge in [0.25, 0.3) is 0 Å². The number of unbranched alkanes of at least 4 members (excludes halogenated alkanes) is 1. The molecule has 4 N–H and O–H groups in total. The predicted octanol–water partition coefficient (Wildman–Crippen LogP) is 1.12. The van der Waals surface area contributed by atoms with Crippen LogP contribution in [0.25, 0.3) is 0 Å². The first-order valence-corrected chi connectivity index (χ1v) is 14.6. The monoisotopic (exact) mass is 752 g/mol. The summed E-state index contributed by atoms with van der Waals surface area (Å²) >= 11 is 0. The van der Waals surface area contributed by atoms with Crippen LogP contribution in [0.4, 0.5) is 0 Å². The van der Waals surface area contributed by atoms with E-state index in [1.54, 1.807) is 19.6 Å². The van der Waals surface area contributed by atoms with Gasteiger partial charge in [0.2, 0.25) is 0 Å². The first kappa shape index (κ1) is 39.1. The van der Waals surface area contributed by atoms with E-state index < -0.39 is 29.9 Å². The third-order valence-corrected chi connectivity index (χ3v) is 7.31. The van der Waals surface area contributed by atoms with Crippen LogP contribution in [0.3, 0.4) is 0 Å². The molecule has 13 nitrogen and oxygen atoms in total. The van der Waals surface area contributed by atoms with Crippen LogP contribution in [0.1, 0.15) is 38.2 Å². The van der Waals surface area contributed by atoms with Gasteiger partial charge < -0.3 is 25.2 Å². The molecule has 0 spiro atoms. The molecule has 0 aromatic heterocycles. The van der Waals surface area contributed by atoms with Crippen molar-refractivity contribution in [1.82, 2.24) is 19.6 Å². The number of hydrogen-bond acceptors (Lipinski definition) is 9. The number of hydrogen-bond donors (Lipinski definition) is 4. The minimum atomic E-state index is -1.03. The van der Waals surface area contributed by atoms with Gasteiger partial charge in [0.05, 0.1) is 26.2 Å². The van der Waals surface area contributed by atoms with E-state index in [1.807, 2.05) is 24.3 Å². The van der Waals surface area contributed by atoms with Crippen LogP contribution < -0.4 is 4.74 Å². The summed E-state index contributed by atoms with van der Waals surface area (Å²) in [5.74, 6) is -3.25. The molecule has 1 fully saturated rings. The van der Waals surface area contributed by atoms with Crippen molar-refractivity contribution in [2.75, 3.05) is 78.6 Å². The summed E-state index contributed by atoms with van der Waals surface area (Å²) in [5.41, 5.74) is 1.07. The summed E-state index contributed by atoms with van der Waals surface area (Å²) in [6.07, 6.45) is 3.71. The SMILES string of the molecule is CCCCOc1ccc(CCC[C@@H](C(=O)O)N2CCN(CC(=O)O)CCN(CC(=O)O)CCN(CC(=O)O)CC2)cc1.[Gd]. The van der Waals surface area contributed by atoms with Gasteiger partial charge in [-0.2, -0.15) is 0 Å². The molecule has 0 amide bonds. The number of aryl methyl sites for hydroxylation is 1. The quantitative estimate of drug-likeness (QED) is 0.177. The number of carboxylic acids is 4. The van der Waals surface area contributed by atoms with E-state index in [-0.39, 0.29) is 112 Å². The van der Waals surface area contributed by atoms with E-state index >= 15 is 0 Å². The Hall–Kier alpha value is -1.94. The molecule has 0 unspecified atom stereocenters. The molecule has 1 aliphatic heterocycles. The summed E-state index contributed by atoms with van der Waals surface area (Å²) < 4.78 is 5.71. The Morgan fingerprint density at radius 2 is 1.16 bits per heavy atom. The van der Waals surface area contributed by atoms with Crippen molar-refractivity contribution < 1.29 is 84.3 Å². The number of carboxylic acid groups (broad SMARTS) is 4. The van der Waals surface area contributed by atoms with Crippen molar-refractivity contribution in [3.05, 3.63) is 29.8 Å². The van der Waals surface area contributed by atoms with Gasteiger partial charge in [-0.1, -0.05) is 25.5 Å². The van der Waals surface area contributed by atoms with Gasteiger partial charge in [-0.3, -0.25) is 38.8 Å². The normalized spacial score (nSPS) is 17.1. The molecule has 1 aliphatic rings. The van der Waals surface area contributed by atoms with Gasteiger partial charge in [-0.15, -0.1) is 0 Å². The van der Waals surface area contributed by atoms with Crippen LogP contribution in [0, 0.1) is 39.9 Å². The van der Waals surface area contributed by atoms with Crippen molar-refractivity contribution in [3.63, 3.8) is 0 Å². The maximum atomic E-state index is 12.4. The van der Waals surface area contributed by atoms with Gasteiger partial charge in [0.15, 0.2) is 0 Å². The number of rotatable bonds is 16. The molecule has 244 valence electrons. The summed E-state index contributed by atoms with van der Waals surface area (Å²) in [4.78, 5) is 53.6. The van der Waals surface area contributed by atoms with Crippen molar-refractivity contribution in [3.8, 4) is 5.75 Å². The van der Waals surface area contributed by atoms with Gasteiger partial charge in [0.1, 0.15) is 11.8 Å². The van der Waals surface area contributed by atoms with Crippen molar-refractivity contribution >= 4 is 23.9 Å². The fourth-order valence-corrected chi connectivity index (χ4v) is 4.96. The summed E-state index contributed by atoms with van der Waals surface area (Å²) in [6, 6.07) is 6.97. The molecule has 0 aliphatic carbocycles. The topological polar surface area (TPSA) is 171 Å². The Kier molecular flexibility index (Phi) is 19.7. The first-order chi connectivity index (χ1) is 20.1. The number of nitrogens with zero attached hydrogens (tertiary/aromatic N) is 4. The van der Waals surface area contributed by atoms with Gasteiger partial charge in [0, 0.05) is 92.3 Å². The van der Waals surface area contributed by atoms with Crippen molar-refractivity contribution in [1.29, 1.82) is 0 Å². The van der Waals surface area contributed by atoms with E-state index in [1.165, 1.54) is 0 Å². The first-order valence-electron chi connectivity index (χ1n) is 14.6. The molecule has 0 radical (unpaired) electrons. The second-order valence-electron chi connectivity index (χ2n) is 10.6. The smallest absolute Gasteiger partial charge is 0.320 e. The number of ether oxygens (including phenoxy) is 1. The van der Waals surface area contributed by atoms with E-state index in [2.05, 4.69) is 6.92 Å². The molecule has 43 heavy (non-hydrogen) atoms. The Balaban J connectivity index is 0.00000924. The molecular weight excluding hydrogens is 706 g/mol. The molecule has 2 rings (SSSR count). The van der Waals surface area contributed by atoms with Crippen LogP contribution in [0.2, 0.25) is 0 Å². The van der Waals surface area contributed by atoms with Crippen molar-refractivity contribution in [2.24, 2.45) is 0 Å². The van der Waals surface area contributed by atoms with Crippen LogP contribution in [-0.4, -0.2) is 149 Å². The Morgan fingerprint density at radius 1 is 0.721 bits per heavy atom. The average molecular weight is 752 g/mol. The second kappa shape index (κ2) is 21.7. The van der Waals surface area contributed by atoms with Gasteiger partial charge in [-0.25, -0.2) is 0 Å². The largest absolute Gasteiger partial charge is 0.494 e. The number of aliphatic carboxylic acids is 4. The zero-order valence-electron chi connectivity index (χ0n) is 24.9. The Morgan fingerprint density at radius 3 is 1.56 bits per heavy atom. The number of benzene rings is 1. The second-order valence-corrected chi connectivity index (χ2v) is 10.6. The maximum Gasteiger partial charge on any atom is 0.320 e. The van der Waals surface area contributed by atoms with Crippen LogP contribution >= 0.6 is 0 Å². The molecule has 1 aromatic rings. The molecular formula is C29H46GdN4O9. The van der Waals surface area contributed by atoms with Crippen LogP contribution in [0.5, 0.6) is 5.75 Å². The Bertz CT molecular complexity index is 967. The van der Waals surface area contributed by atoms with Crippen LogP contribution in [0.15, 0.2) is 24.3 Å². The molecule has 0 bridgehead atoms. The Labute approximate surface area is 285 Å². The third kappa shape index (κ3) is 16.6. The summed E-state index contributed by atoms with van der Waals surface area (Å²) in [5, 5.41) is 38.3. The molecule has 1 saturated heterocycles. The third-order valence-electron chi connectivity index (χ3n) is 7.31. The molecule has 1 heterocycles. The van der Waals surface area contributed by atoms with Crippen molar-refractivity contribution in [2.45, 2.75) is 45.1 Å². The fraction of sp³-hybridized carbons (Fsp3) is 0.655. The van der Waals surface area contributed by atoms with Gasteiger partial charge >= 0.3 is 23.9 Å². The molecule has 1 aromatic carbocycles. The zero-order chi connectivity index (χ0) is 30.9. The molecule has 1 atom stereocenters. The van der Waals surface area contributed by atoms with E-state index in [4.69, 9.17) is 4.74 Å². The summed E-state index contributed by atoms with van der Waals surface area (Å²) in [6.45, 7) is 4.23.